The third kappa shape index (κ3) is 4.73. The Bertz CT molecular complexity index is 856. The van der Waals surface area contributed by atoms with Crippen molar-refractivity contribution in [3.05, 3.63) is 66.9 Å². The maximum atomic E-state index is 11.8. The summed E-state index contributed by atoms with van der Waals surface area (Å²) in [6.45, 7) is 2.53. The van der Waals surface area contributed by atoms with E-state index in [-0.39, 0.29) is 5.91 Å². The van der Waals surface area contributed by atoms with Crippen LogP contribution in [0, 0.1) is 6.92 Å². The number of thioether (sulfide) groups is 1. The molecule has 128 valence electrons. The Morgan fingerprint density at radius 1 is 1.20 bits per heavy atom. The number of carbonyl (C=O) groups excluding carboxylic acids is 1. The van der Waals surface area contributed by atoms with E-state index in [9.17, 15) is 4.79 Å². The molecular formula is C18H13Br2NO2S2. The summed E-state index contributed by atoms with van der Waals surface area (Å²) in [5.41, 5.74) is 3.20. The van der Waals surface area contributed by atoms with E-state index in [1.807, 2.05) is 12.1 Å². The molecule has 3 nitrogen and oxygen atoms in total. The van der Waals surface area contributed by atoms with Crippen LogP contribution in [0.2, 0.25) is 0 Å². The largest absolute Gasteiger partial charge is 0.487 e. The first kappa shape index (κ1) is 18.6. The number of thiocarbonyl (C=S) groups is 1. The second kappa shape index (κ2) is 8.03. The van der Waals surface area contributed by atoms with Crippen LogP contribution < -0.4 is 10.1 Å². The molecule has 0 bridgehead atoms. The molecule has 0 aliphatic carbocycles. The average molecular weight is 499 g/mol. The van der Waals surface area contributed by atoms with Gasteiger partial charge in [0.25, 0.3) is 5.91 Å². The van der Waals surface area contributed by atoms with Crippen LogP contribution in [0.15, 0.2) is 50.2 Å². The maximum absolute atomic E-state index is 11.8. The smallest absolute Gasteiger partial charge is 0.263 e. The van der Waals surface area contributed by atoms with E-state index >= 15 is 0 Å². The van der Waals surface area contributed by atoms with Crippen molar-refractivity contribution >= 4 is 72.1 Å². The Morgan fingerprint density at radius 2 is 1.84 bits per heavy atom. The third-order valence-corrected chi connectivity index (χ3v) is 5.80. The second-order valence-corrected chi connectivity index (χ2v) is 8.87. The molecule has 0 unspecified atom stereocenters. The van der Waals surface area contributed by atoms with Crippen molar-refractivity contribution in [3.8, 4) is 5.75 Å². The van der Waals surface area contributed by atoms with Gasteiger partial charge in [-0.25, -0.2) is 0 Å². The van der Waals surface area contributed by atoms with Gasteiger partial charge >= 0.3 is 0 Å². The monoisotopic (exact) mass is 497 g/mol. The summed E-state index contributed by atoms with van der Waals surface area (Å²) < 4.78 is 8.04. The lowest BCUT2D eigenvalue weighted by Gasteiger charge is -2.12. The topological polar surface area (TPSA) is 38.3 Å². The van der Waals surface area contributed by atoms with Crippen LogP contribution >= 0.6 is 55.8 Å². The van der Waals surface area contributed by atoms with Gasteiger partial charge in [0.1, 0.15) is 16.7 Å². The van der Waals surface area contributed by atoms with Crippen molar-refractivity contribution in [2.24, 2.45) is 0 Å². The predicted octanol–water partition coefficient (Wildman–Crippen LogP) is 5.59. The van der Waals surface area contributed by atoms with Crippen molar-refractivity contribution in [2.75, 3.05) is 0 Å². The highest BCUT2D eigenvalue weighted by Crippen LogP contribution is 2.37. The number of aryl methyl sites for hydroxylation is 1. The van der Waals surface area contributed by atoms with Gasteiger partial charge in [0.05, 0.1) is 13.9 Å². The quantitative estimate of drug-likeness (QED) is 0.440. The summed E-state index contributed by atoms with van der Waals surface area (Å²) in [4.78, 5) is 12.4. The summed E-state index contributed by atoms with van der Waals surface area (Å²) in [5, 5.41) is 2.61. The first-order valence-electron chi connectivity index (χ1n) is 7.34. The molecule has 1 saturated heterocycles. The van der Waals surface area contributed by atoms with Gasteiger partial charge in [-0.2, -0.15) is 0 Å². The molecule has 0 spiro atoms. The molecule has 1 aliphatic rings. The van der Waals surface area contributed by atoms with Crippen LogP contribution in [0.1, 0.15) is 16.7 Å². The number of halogens is 2. The number of carbonyl (C=O) groups is 1. The molecule has 0 saturated carbocycles. The molecule has 1 aliphatic heterocycles. The second-order valence-electron chi connectivity index (χ2n) is 5.44. The molecule has 0 atom stereocenters. The molecule has 0 aromatic heterocycles. The van der Waals surface area contributed by atoms with Gasteiger partial charge in [-0.3, -0.25) is 4.79 Å². The fourth-order valence-corrected chi connectivity index (χ4v) is 4.71. The number of nitrogens with one attached hydrogen (secondary N) is 1. The van der Waals surface area contributed by atoms with Crippen molar-refractivity contribution in [3.63, 3.8) is 0 Å². The number of hydrogen-bond donors (Lipinski definition) is 1. The van der Waals surface area contributed by atoms with Crippen LogP contribution in [0.4, 0.5) is 0 Å². The maximum Gasteiger partial charge on any atom is 0.263 e. The van der Waals surface area contributed by atoms with E-state index in [4.69, 9.17) is 17.0 Å². The summed E-state index contributed by atoms with van der Waals surface area (Å²) in [7, 11) is 0. The van der Waals surface area contributed by atoms with Gasteiger partial charge in [-0.15, -0.1) is 0 Å². The SMILES string of the molecule is Cc1ccc(COc2c(Br)cc(/C=C3/SC(=S)NC3=O)cc2Br)cc1. The minimum absolute atomic E-state index is 0.165. The molecule has 1 N–H and O–H groups in total. The molecule has 1 fully saturated rings. The van der Waals surface area contributed by atoms with E-state index in [0.717, 1.165) is 25.8 Å². The zero-order chi connectivity index (χ0) is 18.0. The van der Waals surface area contributed by atoms with Crippen molar-refractivity contribution in [2.45, 2.75) is 13.5 Å². The van der Waals surface area contributed by atoms with E-state index in [1.54, 1.807) is 6.08 Å². The lowest BCUT2D eigenvalue weighted by atomic mass is 10.1. The summed E-state index contributed by atoms with van der Waals surface area (Å²) in [6.07, 6.45) is 1.80. The van der Waals surface area contributed by atoms with Gasteiger partial charge in [0, 0.05) is 0 Å². The molecule has 0 radical (unpaired) electrons. The fourth-order valence-electron chi connectivity index (χ4n) is 2.21. The Balaban J connectivity index is 1.78. The zero-order valence-electron chi connectivity index (χ0n) is 13.1. The van der Waals surface area contributed by atoms with Gasteiger partial charge in [0.2, 0.25) is 0 Å². The molecule has 3 rings (SSSR count). The highest BCUT2D eigenvalue weighted by atomic mass is 79.9. The molecule has 2 aromatic rings. The van der Waals surface area contributed by atoms with E-state index in [1.165, 1.54) is 17.3 Å². The Labute approximate surface area is 172 Å². The lowest BCUT2D eigenvalue weighted by Crippen LogP contribution is -2.17. The minimum Gasteiger partial charge on any atom is -0.487 e. The molecule has 1 amide bonds. The van der Waals surface area contributed by atoms with E-state index in [0.29, 0.717) is 15.8 Å². The van der Waals surface area contributed by atoms with Crippen LogP contribution in [-0.4, -0.2) is 10.2 Å². The number of hydrogen-bond acceptors (Lipinski definition) is 4. The number of amides is 1. The number of rotatable bonds is 4. The predicted molar refractivity (Wildman–Crippen MR) is 114 cm³/mol. The van der Waals surface area contributed by atoms with Crippen molar-refractivity contribution in [1.82, 2.24) is 5.32 Å². The third-order valence-electron chi connectivity index (χ3n) is 3.46. The van der Waals surface area contributed by atoms with E-state index < -0.39 is 0 Å². The van der Waals surface area contributed by atoms with Gasteiger partial charge in [0.15, 0.2) is 0 Å². The van der Waals surface area contributed by atoms with Gasteiger partial charge in [-0.05, 0) is 68.1 Å². The highest BCUT2D eigenvalue weighted by molar-refractivity contribution is 9.11. The van der Waals surface area contributed by atoms with Crippen molar-refractivity contribution in [1.29, 1.82) is 0 Å². The van der Waals surface area contributed by atoms with Gasteiger partial charge < -0.3 is 10.1 Å². The zero-order valence-corrected chi connectivity index (χ0v) is 17.9. The van der Waals surface area contributed by atoms with Crippen LogP contribution in [0.25, 0.3) is 6.08 Å². The van der Waals surface area contributed by atoms with Crippen LogP contribution in [-0.2, 0) is 11.4 Å². The first-order valence-corrected chi connectivity index (χ1v) is 10.2. The van der Waals surface area contributed by atoms with Crippen molar-refractivity contribution < 1.29 is 9.53 Å². The van der Waals surface area contributed by atoms with Gasteiger partial charge in [-0.1, -0.05) is 53.8 Å². The molecule has 2 aromatic carbocycles. The lowest BCUT2D eigenvalue weighted by molar-refractivity contribution is -0.115. The number of ether oxygens (including phenoxy) is 1. The normalized spacial score (nSPS) is 15.6. The Kier molecular flexibility index (Phi) is 5.99. The molecule has 25 heavy (non-hydrogen) atoms. The molecular weight excluding hydrogens is 486 g/mol. The molecule has 1 heterocycles. The summed E-state index contributed by atoms with van der Waals surface area (Å²) in [5.74, 6) is 0.559. The Morgan fingerprint density at radius 3 is 2.40 bits per heavy atom. The minimum atomic E-state index is -0.165. The number of benzene rings is 2. The molecule has 7 heteroatoms. The van der Waals surface area contributed by atoms with Crippen LogP contribution in [0.5, 0.6) is 5.75 Å². The summed E-state index contributed by atoms with van der Waals surface area (Å²) >= 11 is 13.3. The average Bonchev–Trinajstić information content (AvgIpc) is 2.86. The fraction of sp³-hybridized carbons (Fsp3) is 0.111. The summed E-state index contributed by atoms with van der Waals surface area (Å²) in [6, 6.07) is 12.1. The van der Waals surface area contributed by atoms with Crippen LogP contribution in [0.3, 0.4) is 0 Å². The standard InChI is InChI=1S/C18H13Br2NO2S2/c1-10-2-4-11(5-3-10)9-23-16-13(19)6-12(7-14(16)20)8-15-17(22)21-18(24)25-15/h2-8H,9H2,1H3,(H,21,22,24)/b15-8+. The Hall–Kier alpha value is -1.15. The highest BCUT2D eigenvalue weighted by Gasteiger charge is 2.22. The van der Waals surface area contributed by atoms with E-state index in [2.05, 4.69) is 68.4 Å². The first-order chi connectivity index (χ1) is 11.9.